The summed E-state index contributed by atoms with van der Waals surface area (Å²) < 4.78 is 1.48. The zero-order chi connectivity index (χ0) is 21.0. The van der Waals surface area contributed by atoms with E-state index in [0.717, 1.165) is 6.04 Å². The van der Waals surface area contributed by atoms with E-state index >= 15 is 0 Å². The molecule has 0 aliphatic heterocycles. The summed E-state index contributed by atoms with van der Waals surface area (Å²) in [5.41, 5.74) is 0. The zero-order valence-corrected chi connectivity index (χ0v) is 21.0. The van der Waals surface area contributed by atoms with Gasteiger partial charge in [-0.2, -0.15) is 0 Å². The summed E-state index contributed by atoms with van der Waals surface area (Å²) in [6.07, 6.45) is 30.9. The van der Waals surface area contributed by atoms with E-state index in [1.54, 1.807) is 0 Å². The first-order chi connectivity index (χ1) is 14.3. The molecule has 0 spiro atoms. The molecule has 174 valence electrons. The lowest BCUT2D eigenvalue weighted by Gasteiger charge is -2.47. The third-order valence-electron chi connectivity index (χ3n) is 7.64. The molecule has 0 bridgehead atoms. The molecule has 0 atom stereocenters. The maximum absolute atomic E-state index is 2.41. The first-order valence-electron chi connectivity index (χ1n) is 14.1. The fourth-order valence-electron chi connectivity index (χ4n) is 6.02. The van der Waals surface area contributed by atoms with Crippen LogP contribution in [-0.4, -0.2) is 30.2 Å². The Bertz CT molecular complexity index is 325. The molecule has 1 fully saturated rings. The highest BCUT2D eigenvalue weighted by Crippen LogP contribution is 2.30. The Morgan fingerprint density at radius 1 is 0.448 bits per heavy atom. The Morgan fingerprint density at radius 2 is 0.862 bits per heavy atom. The smallest absolute Gasteiger partial charge is 0.0890 e. The van der Waals surface area contributed by atoms with Gasteiger partial charge >= 0.3 is 0 Å². The number of quaternary nitrogens is 1. The molecule has 1 nitrogen and oxygen atoms in total. The Morgan fingerprint density at radius 3 is 1.28 bits per heavy atom. The number of hydrogen-bond acceptors (Lipinski definition) is 0. The van der Waals surface area contributed by atoms with E-state index in [0.29, 0.717) is 0 Å². The molecule has 1 saturated carbocycles. The number of rotatable bonds is 20. The summed E-state index contributed by atoms with van der Waals surface area (Å²) in [6, 6.07) is 0.991. The van der Waals surface area contributed by atoms with Crippen LogP contribution < -0.4 is 0 Å². The van der Waals surface area contributed by atoms with E-state index in [1.807, 2.05) is 0 Å². The van der Waals surface area contributed by atoms with Crippen molar-refractivity contribution in [2.75, 3.05) is 19.6 Å². The fraction of sp³-hybridized carbons (Fsp3) is 1.00. The Kier molecular flexibility index (Phi) is 17.4. The SMILES string of the molecule is CCCCCCCCCCCCCCCC[N+](CCC)(CCC)C1CCCCC1. The summed E-state index contributed by atoms with van der Waals surface area (Å²) in [7, 11) is 0. The van der Waals surface area contributed by atoms with Gasteiger partial charge in [0, 0.05) is 0 Å². The minimum Gasteiger partial charge on any atom is -0.321 e. The normalized spacial score (nSPS) is 15.8. The lowest BCUT2D eigenvalue weighted by Crippen LogP contribution is -2.57. The summed E-state index contributed by atoms with van der Waals surface area (Å²) in [6.45, 7) is 11.5. The van der Waals surface area contributed by atoms with Gasteiger partial charge in [0.2, 0.25) is 0 Å². The van der Waals surface area contributed by atoms with Crippen LogP contribution in [0.1, 0.15) is 156 Å². The molecule has 0 saturated heterocycles. The Balaban J connectivity index is 2.08. The lowest BCUT2D eigenvalue weighted by atomic mass is 9.91. The highest BCUT2D eigenvalue weighted by molar-refractivity contribution is 4.68. The molecule has 0 N–H and O–H groups in total. The summed E-state index contributed by atoms with van der Waals surface area (Å²) in [5.74, 6) is 0. The van der Waals surface area contributed by atoms with Crippen molar-refractivity contribution < 1.29 is 4.48 Å². The van der Waals surface area contributed by atoms with Gasteiger partial charge in [-0.25, -0.2) is 0 Å². The van der Waals surface area contributed by atoms with Crippen molar-refractivity contribution >= 4 is 0 Å². The summed E-state index contributed by atoms with van der Waals surface area (Å²) >= 11 is 0. The van der Waals surface area contributed by atoms with Gasteiger partial charge in [0.25, 0.3) is 0 Å². The molecular formula is C28H58N+. The van der Waals surface area contributed by atoms with Gasteiger partial charge in [-0.3, -0.25) is 0 Å². The predicted octanol–water partition coefficient (Wildman–Crippen LogP) is 9.44. The molecular weight excluding hydrogens is 350 g/mol. The van der Waals surface area contributed by atoms with Gasteiger partial charge in [0.1, 0.15) is 0 Å². The summed E-state index contributed by atoms with van der Waals surface area (Å²) in [5, 5.41) is 0. The molecule has 1 aliphatic rings. The second kappa shape index (κ2) is 18.7. The minimum atomic E-state index is 0.991. The first-order valence-corrected chi connectivity index (χ1v) is 14.1. The van der Waals surface area contributed by atoms with Crippen molar-refractivity contribution in [3.05, 3.63) is 0 Å². The molecule has 29 heavy (non-hydrogen) atoms. The monoisotopic (exact) mass is 408 g/mol. The Labute approximate surface area is 186 Å². The molecule has 0 unspecified atom stereocenters. The van der Waals surface area contributed by atoms with Crippen LogP contribution in [0.3, 0.4) is 0 Å². The molecule has 1 heteroatoms. The molecule has 0 radical (unpaired) electrons. The molecule has 0 heterocycles. The Hall–Kier alpha value is -0.0400. The standard InChI is InChI=1S/C28H58N/c1-4-7-8-9-10-11-12-13-14-15-16-17-18-22-27-29(25-5-2,26-6-3)28-23-20-19-21-24-28/h28H,4-27H2,1-3H3/q+1. The second-order valence-electron chi connectivity index (χ2n) is 10.3. The first kappa shape index (κ1) is 27.0. The zero-order valence-electron chi connectivity index (χ0n) is 21.0. The van der Waals surface area contributed by atoms with Crippen LogP contribution in [0, 0.1) is 0 Å². The third kappa shape index (κ3) is 12.4. The van der Waals surface area contributed by atoms with Crippen LogP contribution in [-0.2, 0) is 0 Å². The molecule has 1 aliphatic carbocycles. The van der Waals surface area contributed by atoms with Gasteiger partial charge in [-0.15, -0.1) is 0 Å². The van der Waals surface area contributed by atoms with E-state index in [1.165, 1.54) is 159 Å². The van der Waals surface area contributed by atoms with E-state index in [9.17, 15) is 0 Å². The van der Waals surface area contributed by atoms with Crippen molar-refractivity contribution in [3.8, 4) is 0 Å². The number of hydrogen-bond donors (Lipinski definition) is 0. The molecule has 1 rings (SSSR count). The third-order valence-corrected chi connectivity index (χ3v) is 7.64. The average Bonchev–Trinajstić information content (AvgIpc) is 2.75. The van der Waals surface area contributed by atoms with Crippen LogP contribution in [0.5, 0.6) is 0 Å². The van der Waals surface area contributed by atoms with Crippen molar-refractivity contribution in [1.29, 1.82) is 0 Å². The number of nitrogens with zero attached hydrogens (tertiary/aromatic N) is 1. The maximum atomic E-state index is 2.41. The van der Waals surface area contributed by atoms with Crippen molar-refractivity contribution in [3.63, 3.8) is 0 Å². The minimum absolute atomic E-state index is 0.991. The van der Waals surface area contributed by atoms with Crippen LogP contribution >= 0.6 is 0 Å². The number of unbranched alkanes of at least 4 members (excludes halogenated alkanes) is 13. The predicted molar refractivity (Wildman–Crippen MR) is 133 cm³/mol. The molecule has 0 aromatic carbocycles. The van der Waals surface area contributed by atoms with Gasteiger partial charge in [0.05, 0.1) is 25.7 Å². The van der Waals surface area contributed by atoms with E-state index < -0.39 is 0 Å². The largest absolute Gasteiger partial charge is 0.321 e. The van der Waals surface area contributed by atoms with Gasteiger partial charge in [0.15, 0.2) is 0 Å². The quantitative estimate of drug-likeness (QED) is 0.139. The lowest BCUT2D eigenvalue weighted by molar-refractivity contribution is -0.952. The average molecular weight is 409 g/mol. The maximum Gasteiger partial charge on any atom is 0.0890 e. The van der Waals surface area contributed by atoms with Gasteiger partial charge in [-0.05, 0) is 51.4 Å². The van der Waals surface area contributed by atoms with Crippen LogP contribution in [0.15, 0.2) is 0 Å². The van der Waals surface area contributed by atoms with Gasteiger partial charge in [-0.1, -0.05) is 104 Å². The van der Waals surface area contributed by atoms with E-state index in [4.69, 9.17) is 0 Å². The van der Waals surface area contributed by atoms with Crippen molar-refractivity contribution in [2.45, 2.75) is 162 Å². The fourth-order valence-corrected chi connectivity index (χ4v) is 6.02. The summed E-state index contributed by atoms with van der Waals surface area (Å²) in [4.78, 5) is 0. The van der Waals surface area contributed by atoms with Crippen LogP contribution in [0.2, 0.25) is 0 Å². The highest BCUT2D eigenvalue weighted by Gasteiger charge is 2.35. The highest BCUT2D eigenvalue weighted by atomic mass is 15.4. The molecule has 0 aromatic rings. The van der Waals surface area contributed by atoms with E-state index in [-0.39, 0.29) is 0 Å². The second-order valence-corrected chi connectivity index (χ2v) is 10.3. The molecule has 0 aromatic heterocycles. The van der Waals surface area contributed by atoms with Crippen molar-refractivity contribution in [1.82, 2.24) is 0 Å². The molecule has 0 amide bonds. The topological polar surface area (TPSA) is 0 Å². The van der Waals surface area contributed by atoms with Crippen LogP contribution in [0.4, 0.5) is 0 Å². The van der Waals surface area contributed by atoms with Crippen molar-refractivity contribution in [2.24, 2.45) is 0 Å². The van der Waals surface area contributed by atoms with E-state index in [2.05, 4.69) is 20.8 Å². The van der Waals surface area contributed by atoms with Gasteiger partial charge < -0.3 is 4.48 Å². The van der Waals surface area contributed by atoms with Crippen LogP contribution in [0.25, 0.3) is 0 Å².